The van der Waals surface area contributed by atoms with Crippen LogP contribution in [0.3, 0.4) is 0 Å². The van der Waals surface area contributed by atoms with Crippen molar-refractivity contribution in [3.63, 3.8) is 0 Å². The molecule has 2 aromatic heterocycles. The summed E-state index contributed by atoms with van der Waals surface area (Å²) in [7, 11) is 0. The number of aromatic amines is 1. The first-order valence-corrected chi connectivity index (χ1v) is 8.63. The highest BCUT2D eigenvalue weighted by molar-refractivity contribution is 5.82. The molecule has 1 aliphatic carbocycles. The molecule has 2 N–H and O–H groups in total. The summed E-state index contributed by atoms with van der Waals surface area (Å²) in [6.45, 7) is 0. The molecule has 5 nitrogen and oxygen atoms in total. The summed E-state index contributed by atoms with van der Waals surface area (Å²) in [6.07, 6.45) is 8.50. The van der Waals surface area contributed by atoms with Gasteiger partial charge in [-0.25, -0.2) is 4.98 Å². The van der Waals surface area contributed by atoms with Crippen LogP contribution in [0.5, 0.6) is 0 Å². The van der Waals surface area contributed by atoms with Crippen molar-refractivity contribution in [1.82, 2.24) is 15.2 Å². The summed E-state index contributed by atoms with van der Waals surface area (Å²) in [4.78, 5) is 4.37. The van der Waals surface area contributed by atoms with Gasteiger partial charge in [0.1, 0.15) is 0 Å². The largest absolute Gasteiger partial charge is 0.423 e. The van der Waals surface area contributed by atoms with Crippen LogP contribution < -0.4 is 5.32 Å². The molecule has 0 bridgehead atoms. The molecule has 2 heterocycles. The lowest BCUT2D eigenvalue weighted by molar-refractivity contribution is 0.591. The molecule has 5 rings (SSSR count). The van der Waals surface area contributed by atoms with Crippen molar-refractivity contribution in [2.24, 2.45) is 0 Å². The minimum atomic E-state index is 0.496. The van der Waals surface area contributed by atoms with Crippen LogP contribution >= 0.6 is 0 Å². The molecular formula is C20H18N4O. The lowest BCUT2D eigenvalue weighted by atomic mass is 9.90. The molecule has 124 valence electrons. The van der Waals surface area contributed by atoms with E-state index in [9.17, 15) is 0 Å². The first-order chi connectivity index (χ1) is 12.3. The molecule has 5 heteroatoms. The molecule has 0 radical (unpaired) electrons. The molecule has 0 unspecified atom stereocenters. The van der Waals surface area contributed by atoms with Crippen molar-refractivity contribution in [2.45, 2.75) is 25.7 Å². The fourth-order valence-corrected chi connectivity index (χ4v) is 3.50. The molecule has 0 atom stereocenters. The highest BCUT2D eigenvalue weighted by atomic mass is 16.4. The smallest absolute Gasteiger partial charge is 0.299 e. The van der Waals surface area contributed by atoms with Crippen LogP contribution in [0.25, 0.3) is 22.2 Å². The van der Waals surface area contributed by atoms with Crippen molar-refractivity contribution in [2.75, 3.05) is 5.32 Å². The third-order valence-corrected chi connectivity index (χ3v) is 4.83. The molecule has 0 fully saturated rings. The minimum absolute atomic E-state index is 0.496. The summed E-state index contributed by atoms with van der Waals surface area (Å²) < 4.78 is 5.91. The number of oxazole rings is 1. The van der Waals surface area contributed by atoms with Crippen LogP contribution in [-0.4, -0.2) is 15.2 Å². The second-order valence-electron chi connectivity index (χ2n) is 6.52. The van der Waals surface area contributed by atoms with Gasteiger partial charge in [0.15, 0.2) is 5.76 Å². The molecule has 0 aliphatic heterocycles. The summed E-state index contributed by atoms with van der Waals surface area (Å²) >= 11 is 0. The van der Waals surface area contributed by atoms with Crippen molar-refractivity contribution in [3.05, 3.63) is 59.9 Å². The second-order valence-corrected chi connectivity index (χ2v) is 6.52. The molecule has 2 aromatic carbocycles. The van der Waals surface area contributed by atoms with E-state index in [0.29, 0.717) is 6.01 Å². The van der Waals surface area contributed by atoms with Crippen LogP contribution in [0.2, 0.25) is 0 Å². The maximum atomic E-state index is 5.91. The Balaban J connectivity index is 1.41. The fraction of sp³-hybridized carbons (Fsp3) is 0.200. The van der Waals surface area contributed by atoms with E-state index in [-0.39, 0.29) is 0 Å². The van der Waals surface area contributed by atoms with Crippen molar-refractivity contribution >= 4 is 22.6 Å². The normalized spacial score (nSPS) is 13.8. The van der Waals surface area contributed by atoms with Gasteiger partial charge in [-0.15, -0.1) is 0 Å². The Morgan fingerprint density at radius 3 is 2.84 bits per heavy atom. The Kier molecular flexibility index (Phi) is 3.30. The Hall–Kier alpha value is -3.08. The van der Waals surface area contributed by atoms with Crippen LogP contribution in [0.1, 0.15) is 24.0 Å². The maximum Gasteiger partial charge on any atom is 0.299 e. The Bertz CT molecular complexity index is 1050. The molecule has 4 aromatic rings. The molecule has 0 saturated carbocycles. The fourth-order valence-electron chi connectivity index (χ4n) is 3.50. The standard InChI is InChI=1S/C20H18N4O/c1-2-4-14-9-15(6-5-13(14)3-1)19-12-21-20(25-19)23-17-7-8-18-16(10-17)11-22-24-18/h5-12H,1-4H2,(H,21,23)(H,22,24). The number of hydrogen-bond acceptors (Lipinski definition) is 4. The zero-order valence-corrected chi connectivity index (χ0v) is 13.7. The van der Waals surface area contributed by atoms with Crippen LogP contribution in [-0.2, 0) is 12.8 Å². The number of nitrogens with zero attached hydrogens (tertiary/aromatic N) is 2. The minimum Gasteiger partial charge on any atom is -0.423 e. The summed E-state index contributed by atoms with van der Waals surface area (Å²) in [5.41, 5.74) is 5.94. The molecule has 1 aliphatic rings. The number of rotatable bonds is 3. The van der Waals surface area contributed by atoms with Crippen molar-refractivity contribution in [3.8, 4) is 11.3 Å². The molecule has 25 heavy (non-hydrogen) atoms. The summed E-state index contributed by atoms with van der Waals surface area (Å²) in [5.74, 6) is 0.792. The number of aromatic nitrogens is 3. The van der Waals surface area contributed by atoms with E-state index < -0.39 is 0 Å². The average molecular weight is 330 g/mol. The van der Waals surface area contributed by atoms with Crippen molar-refractivity contribution in [1.29, 1.82) is 0 Å². The predicted molar refractivity (Wildman–Crippen MR) is 98.0 cm³/mol. The number of fused-ring (bicyclic) bond motifs is 2. The van der Waals surface area contributed by atoms with Crippen molar-refractivity contribution < 1.29 is 4.42 Å². The Labute approximate surface area is 145 Å². The number of hydrogen-bond donors (Lipinski definition) is 2. The summed E-state index contributed by atoms with van der Waals surface area (Å²) in [5, 5.41) is 11.2. The molecule has 0 amide bonds. The number of H-pyrrole nitrogens is 1. The number of aryl methyl sites for hydroxylation is 2. The molecule has 0 saturated heterocycles. The zero-order chi connectivity index (χ0) is 16.6. The van der Waals surface area contributed by atoms with Gasteiger partial charge in [-0.1, -0.05) is 12.1 Å². The van der Waals surface area contributed by atoms with E-state index in [1.54, 1.807) is 12.4 Å². The Morgan fingerprint density at radius 2 is 1.88 bits per heavy atom. The third kappa shape index (κ3) is 2.67. The van der Waals surface area contributed by atoms with E-state index in [4.69, 9.17) is 4.42 Å². The highest BCUT2D eigenvalue weighted by Gasteiger charge is 2.13. The van der Waals surface area contributed by atoms with Gasteiger partial charge in [-0.05, 0) is 61.1 Å². The van der Waals surface area contributed by atoms with Gasteiger partial charge in [0.05, 0.1) is 17.9 Å². The predicted octanol–water partition coefficient (Wildman–Crippen LogP) is 4.84. The van der Waals surface area contributed by atoms with Gasteiger partial charge in [0, 0.05) is 16.6 Å². The monoisotopic (exact) mass is 330 g/mol. The quantitative estimate of drug-likeness (QED) is 0.564. The first-order valence-electron chi connectivity index (χ1n) is 8.63. The third-order valence-electron chi connectivity index (χ3n) is 4.83. The zero-order valence-electron chi connectivity index (χ0n) is 13.7. The average Bonchev–Trinajstić information content (AvgIpc) is 3.30. The first kappa shape index (κ1) is 14.3. The maximum absolute atomic E-state index is 5.91. The lowest BCUT2D eigenvalue weighted by Crippen LogP contribution is -2.02. The van der Waals surface area contributed by atoms with E-state index >= 15 is 0 Å². The van der Waals surface area contributed by atoms with Gasteiger partial charge < -0.3 is 9.73 Å². The summed E-state index contributed by atoms with van der Waals surface area (Å²) in [6, 6.07) is 13.1. The van der Waals surface area contributed by atoms with Gasteiger partial charge in [-0.2, -0.15) is 5.10 Å². The Morgan fingerprint density at radius 1 is 0.960 bits per heavy atom. The van der Waals surface area contributed by atoms with E-state index in [1.807, 2.05) is 18.2 Å². The van der Waals surface area contributed by atoms with E-state index in [0.717, 1.165) is 34.3 Å². The molecule has 0 spiro atoms. The number of nitrogens with one attached hydrogen (secondary N) is 2. The highest BCUT2D eigenvalue weighted by Crippen LogP contribution is 2.29. The van der Waals surface area contributed by atoms with Gasteiger partial charge >= 0.3 is 0 Å². The van der Waals surface area contributed by atoms with E-state index in [1.165, 1.54) is 30.4 Å². The van der Waals surface area contributed by atoms with E-state index in [2.05, 4.69) is 38.7 Å². The van der Waals surface area contributed by atoms with Crippen LogP contribution in [0.15, 0.2) is 53.2 Å². The van der Waals surface area contributed by atoms with Gasteiger partial charge in [-0.3, -0.25) is 5.10 Å². The van der Waals surface area contributed by atoms with Gasteiger partial charge in [0.25, 0.3) is 6.01 Å². The lowest BCUT2D eigenvalue weighted by Gasteiger charge is -2.15. The SMILES string of the molecule is c1cc2[nH]ncc2cc1Nc1ncc(-c2ccc3c(c2)CCCC3)o1. The number of anilines is 2. The second kappa shape index (κ2) is 5.77. The number of benzene rings is 2. The topological polar surface area (TPSA) is 66.7 Å². The van der Waals surface area contributed by atoms with Crippen LogP contribution in [0.4, 0.5) is 11.7 Å². The molecular weight excluding hydrogens is 312 g/mol. The van der Waals surface area contributed by atoms with Gasteiger partial charge in [0.2, 0.25) is 0 Å². The van der Waals surface area contributed by atoms with Crippen LogP contribution in [0, 0.1) is 0 Å².